The molecule has 0 bridgehead atoms. The van der Waals surface area contributed by atoms with Crippen molar-refractivity contribution in [2.45, 2.75) is 25.0 Å². The SMILES string of the molecule is Cc1cc(C)n(-c2cc(N3CCN(S(=O)(=O)c4ccc(C)s4)CC3)ncn2)n1. The van der Waals surface area contributed by atoms with Crippen molar-refractivity contribution in [1.82, 2.24) is 24.1 Å². The number of aromatic nitrogens is 4. The summed E-state index contributed by atoms with van der Waals surface area (Å²) in [4.78, 5) is 11.8. The van der Waals surface area contributed by atoms with Crippen LogP contribution in [0.25, 0.3) is 5.82 Å². The van der Waals surface area contributed by atoms with Crippen molar-refractivity contribution in [1.29, 1.82) is 0 Å². The molecule has 4 rings (SSSR count). The van der Waals surface area contributed by atoms with E-state index in [0.29, 0.717) is 36.2 Å². The largest absolute Gasteiger partial charge is 0.354 e. The quantitative estimate of drug-likeness (QED) is 0.646. The van der Waals surface area contributed by atoms with E-state index in [1.807, 2.05) is 39.0 Å². The second kappa shape index (κ2) is 7.26. The average molecular weight is 419 g/mol. The highest BCUT2D eigenvalue weighted by molar-refractivity contribution is 7.91. The first-order valence-corrected chi connectivity index (χ1v) is 11.3. The number of aryl methyl sites for hydroxylation is 3. The molecule has 0 spiro atoms. The van der Waals surface area contributed by atoms with Crippen LogP contribution in [0, 0.1) is 20.8 Å². The molecule has 3 aromatic rings. The van der Waals surface area contributed by atoms with Crippen molar-refractivity contribution < 1.29 is 8.42 Å². The van der Waals surface area contributed by atoms with E-state index >= 15 is 0 Å². The lowest BCUT2D eigenvalue weighted by molar-refractivity contribution is 0.384. The topological polar surface area (TPSA) is 84.2 Å². The zero-order valence-corrected chi connectivity index (χ0v) is 17.7. The normalized spacial score (nSPS) is 15.9. The van der Waals surface area contributed by atoms with E-state index in [-0.39, 0.29) is 0 Å². The van der Waals surface area contributed by atoms with Crippen molar-refractivity contribution >= 4 is 27.2 Å². The summed E-state index contributed by atoms with van der Waals surface area (Å²) in [6.07, 6.45) is 1.53. The van der Waals surface area contributed by atoms with Gasteiger partial charge in [-0.05, 0) is 39.0 Å². The molecule has 0 saturated carbocycles. The number of anilines is 1. The summed E-state index contributed by atoms with van der Waals surface area (Å²) in [7, 11) is -3.42. The molecule has 1 aliphatic rings. The first-order chi connectivity index (χ1) is 13.3. The van der Waals surface area contributed by atoms with Crippen molar-refractivity contribution in [3.8, 4) is 5.82 Å². The minimum absolute atomic E-state index is 0.410. The number of thiophene rings is 1. The Morgan fingerprint density at radius 3 is 2.29 bits per heavy atom. The van der Waals surface area contributed by atoms with E-state index < -0.39 is 10.0 Å². The molecule has 0 amide bonds. The first kappa shape index (κ1) is 19.0. The zero-order valence-electron chi connectivity index (χ0n) is 16.0. The summed E-state index contributed by atoms with van der Waals surface area (Å²) >= 11 is 1.31. The Balaban J connectivity index is 1.50. The van der Waals surface area contributed by atoms with E-state index in [4.69, 9.17) is 0 Å². The summed E-state index contributed by atoms with van der Waals surface area (Å²) in [6.45, 7) is 7.86. The summed E-state index contributed by atoms with van der Waals surface area (Å²) in [5.41, 5.74) is 1.93. The Hall–Kier alpha value is -2.30. The Morgan fingerprint density at radius 1 is 0.964 bits per heavy atom. The van der Waals surface area contributed by atoms with Crippen LogP contribution in [0.3, 0.4) is 0 Å². The predicted octanol–water partition coefficient (Wildman–Crippen LogP) is 2.16. The minimum Gasteiger partial charge on any atom is -0.354 e. The maximum absolute atomic E-state index is 12.8. The lowest BCUT2D eigenvalue weighted by Gasteiger charge is -2.34. The van der Waals surface area contributed by atoms with Crippen LogP contribution in [-0.2, 0) is 10.0 Å². The molecule has 0 N–H and O–H groups in total. The number of piperazine rings is 1. The van der Waals surface area contributed by atoms with Crippen LogP contribution in [0.1, 0.15) is 16.3 Å². The van der Waals surface area contributed by atoms with Crippen molar-refractivity contribution in [3.63, 3.8) is 0 Å². The van der Waals surface area contributed by atoms with Crippen LogP contribution in [0.5, 0.6) is 0 Å². The lowest BCUT2D eigenvalue weighted by atomic mass is 10.3. The molecule has 0 aliphatic carbocycles. The molecule has 148 valence electrons. The molecule has 1 fully saturated rings. The van der Waals surface area contributed by atoms with Gasteiger partial charge in [-0.1, -0.05) is 0 Å². The molecule has 3 aromatic heterocycles. The maximum atomic E-state index is 12.8. The molecule has 28 heavy (non-hydrogen) atoms. The van der Waals surface area contributed by atoms with Crippen molar-refractivity contribution in [2.24, 2.45) is 0 Å². The molecule has 0 atom stereocenters. The Labute approximate surface area is 168 Å². The third-order valence-electron chi connectivity index (χ3n) is 4.74. The zero-order chi connectivity index (χ0) is 19.9. The van der Waals surface area contributed by atoms with Gasteiger partial charge in [0.2, 0.25) is 0 Å². The van der Waals surface area contributed by atoms with Gasteiger partial charge in [-0.2, -0.15) is 9.40 Å². The number of hydrogen-bond acceptors (Lipinski definition) is 7. The second-order valence-electron chi connectivity index (χ2n) is 6.83. The smallest absolute Gasteiger partial charge is 0.252 e. The number of sulfonamides is 1. The molecule has 0 aromatic carbocycles. The van der Waals surface area contributed by atoms with Crippen molar-refractivity contribution in [2.75, 3.05) is 31.1 Å². The summed E-state index contributed by atoms with van der Waals surface area (Å²) in [5, 5.41) is 4.47. The lowest BCUT2D eigenvalue weighted by Crippen LogP contribution is -2.48. The molecule has 0 unspecified atom stereocenters. The van der Waals surface area contributed by atoms with Gasteiger partial charge < -0.3 is 4.90 Å². The fourth-order valence-corrected chi connectivity index (χ4v) is 6.18. The van der Waals surface area contributed by atoms with E-state index in [0.717, 1.165) is 22.1 Å². The van der Waals surface area contributed by atoms with Crippen molar-refractivity contribution in [3.05, 3.63) is 46.9 Å². The highest BCUT2D eigenvalue weighted by Crippen LogP contribution is 2.26. The second-order valence-corrected chi connectivity index (χ2v) is 10.3. The van der Waals surface area contributed by atoms with Gasteiger partial charge >= 0.3 is 0 Å². The van der Waals surface area contributed by atoms with Crippen LogP contribution in [0.15, 0.2) is 34.8 Å². The fourth-order valence-electron chi connectivity index (χ4n) is 3.32. The van der Waals surface area contributed by atoms with Gasteiger partial charge in [0.1, 0.15) is 16.4 Å². The Bertz CT molecular complexity index is 1100. The Morgan fingerprint density at radius 2 is 1.68 bits per heavy atom. The standard InChI is InChI=1S/C18H22N6O2S2/c1-13-10-14(2)24(21-13)17-11-16(19-12-20-17)22-6-8-23(9-7-22)28(25,26)18-5-4-15(3)27-18/h4-5,10-12H,6-9H2,1-3H3. The first-order valence-electron chi connectivity index (χ1n) is 9.02. The summed E-state index contributed by atoms with van der Waals surface area (Å²) in [6, 6.07) is 7.42. The minimum atomic E-state index is -3.42. The van der Waals surface area contributed by atoms with Crippen LogP contribution in [-0.4, -0.2) is 58.7 Å². The van der Waals surface area contributed by atoms with Gasteiger partial charge in [-0.15, -0.1) is 11.3 Å². The maximum Gasteiger partial charge on any atom is 0.252 e. The van der Waals surface area contributed by atoms with Gasteiger partial charge in [0.15, 0.2) is 5.82 Å². The molecule has 1 saturated heterocycles. The summed E-state index contributed by atoms with van der Waals surface area (Å²) in [5.74, 6) is 1.49. The van der Waals surface area contributed by atoms with Gasteiger partial charge in [-0.25, -0.2) is 23.1 Å². The van der Waals surface area contributed by atoms with Crippen LogP contribution < -0.4 is 4.90 Å². The molecular formula is C18H22N6O2S2. The molecule has 8 nitrogen and oxygen atoms in total. The van der Waals surface area contributed by atoms with Gasteiger partial charge in [0.25, 0.3) is 10.0 Å². The van der Waals surface area contributed by atoms with E-state index in [1.54, 1.807) is 15.1 Å². The molecule has 10 heteroatoms. The molecule has 4 heterocycles. The third-order valence-corrected chi connectivity index (χ3v) is 8.10. The molecule has 0 radical (unpaired) electrons. The fraction of sp³-hybridized carbons (Fsp3) is 0.389. The van der Waals surface area contributed by atoms with Gasteiger partial charge in [0.05, 0.1) is 5.69 Å². The monoisotopic (exact) mass is 418 g/mol. The molecular weight excluding hydrogens is 396 g/mol. The Kier molecular flexibility index (Phi) is 4.94. The summed E-state index contributed by atoms with van der Waals surface area (Å²) < 4.78 is 29.4. The molecule has 1 aliphatic heterocycles. The van der Waals surface area contributed by atoms with Crippen LogP contribution >= 0.6 is 11.3 Å². The van der Waals surface area contributed by atoms with E-state index in [2.05, 4.69) is 20.0 Å². The average Bonchev–Trinajstić information content (AvgIpc) is 3.27. The van der Waals surface area contributed by atoms with Crippen LogP contribution in [0.4, 0.5) is 5.82 Å². The highest BCUT2D eigenvalue weighted by atomic mass is 32.2. The van der Waals surface area contributed by atoms with Gasteiger partial charge in [-0.3, -0.25) is 0 Å². The number of rotatable bonds is 4. The number of nitrogens with zero attached hydrogens (tertiary/aromatic N) is 6. The van der Waals surface area contributed by atoms with E-state index in [1.165, 1.54) is 17.7 Å². The highest BCUT2D eigenvalue weighted by Gasteiger charge is 2.30. The van der Waals surface area contributed by atoms with Gasteiger partial charge in [0, 0.05) is 42.8 Å². The van der Waals surface area contributed by atoms with E-state index in [9.17, 15) is 8.42 Å². The van der Waals surface area contributed by atoms with Crippen LogP contribution in [0.2, 0.25) is 0 Å². The third kappa shape index (κ3) is 3.54. The predicted molar refractivity (Wildman–Crippen MR) is 109 cm³/mol. The number of hydrogen-bond donors (Lipinski definition) is 0.